The van der Waals surface area contributed by atoms with Crippen LogP contribution >= 0.6 is 0 Å². The number of carbonyl (C=O) groups excluding carboxylic acids is 1. The van der Waals surface area contributed by atoms with Gasteiger partial charge in [0.05, 0.1) is 31.4 Å². The molecule has 0 aliphatic heterocycles. The third kappa shape index (κ3) is 6.29. The van der Waals surface area contributed by atoms with Crippen LogP contribution in [0, 0.1) is 17.7 Å². The molecule has 1 aromatic heterocycles. The number of aliphatic hydroxyl groups excluding tert-OH is 1. The summed E-state index contributed by atoms with van der Waals surface area (Å²) in [6.45, 7) is 3.52. The van der Waals surface area contributed by atoms with E-state index >= 15 is 0 Å². The molecule has 0 fully saturated rings. The number of ether oxygens (including phenoxy) is 2. The normalized spacial score (nSPS) is 11.6. The summed E-state index contributed by atoms with van der Waals surface area (Å²) >= 11 is 0. The lowest BCUT2D eigenvalue weighted by Gasteiger charge is -2.19. The van der Waals surface area contributed by atoms with Crippen LogP contribution in [0.1, 0.15) is 40.9 Å². The predicted octanol–water partition coefficient (Wildman–Crippen LogP) is 4.84. The van der Waals surface area contributed by atoms with Crippen LogP contribution in [0.3, 0.4) is 0 Å². The molecule has 1 heterocycles. The third-order valence-electron chi connectivity index (χ3n) is 5.79. The molecule has 37 heavy (non-hydrogen) atoms. The quantitative estimate of drug-likeness (QED) is 0.303. The molecule has 7 heteroatoms. The van der Waals surface area contributed by atoms with Crippen molar-refractivity contribution in [2.75, 3.05) is 13.7 Å². The number of carbonyl (C=O) groups is 1. The van der Waals surface area contributed by atoms with Crippen molar-refractivity contribution in [3.8, 4) is 23.3 Å². The molecule has 6 nitrogen and oxygen atoms in total. The number of aromatic nitrogens is 1. The number of para-hydroxylation sites is 1. The van der Waals surface area contributed by atoms with E-state index in [1.54, 1.807) is 24.3 Å². The summed E-state index contributed by atoms with van der Waals surface area (Å²) in [6, 6.07) is 16.9. The van der Waals surface area contributed by atoms with Crippen LogP contribution < -0.4 is 14.8 Å². The predicted molar refractivity (Wildman–Crippen MR) is 141 cm³/mol. The van der Waals surface area contributed by atoms with Gasteiger partial charge in [0, 0.05) is 28.2 Å². The molecule has 1 atom stereocenters. The number of nitrogens with one attached hydrogen (secondary N) is 2. The molecule has 4 aromatic rings. The Morgan fingerprint density at radius 1 is 1.05 bits per heavy atom. The molecule has 4 rings (SSSR count). The lowest BCUT2D eigenvalue weighted by molar-refractivity contribution is 0.0910. The van der Waals surface area contributed by atoms with Crippen molar-refractivity contribution in [3.05, 3.63) is 94.9 Å². The van der Waals surface area contributed by atoms with E-state index in [1.165, 1.54) is 19.2 Å². The first kappa shape index (κ1) is 25.8. The maximum atomic E-state index is 14.0. The van der Waals surface area contributed by atoms with Crippen LogP contribution in [0.4, 0.5) is 4.39 Å². The summed E-state index contributed by atoms with van der Waals surface area (Å²) in [4.78, 5) is 16.5. The zero-order chi connectivity index (χ0) is 26.4. The first-order chi connectivity index (χ1) is 17.9. The molecule has 3 aromatic carbocycles. The Hall–Kier alpha value is -4.28. The molecule has 0 radical (unpaired) electrons. The minimum atomic E-state index is -0.504. The van der Waals surface area contributed by atoms with Crippen molar-refractivity contribution in [1.82, 2.24) is 10.3 Å². The fourth-order valence-corrected chi connectivity index (χ4v) is 4.02. The number of fused-ring (bicyclic) bond motifs is 1. The Balaban J connectivity index is 1.57. The lowest BCUT2D eigenvalue weighted by atomic mass is 10.0. The molecular weight excluding hydrogens is 471 g/mol. The van der Waals surface area contributed by atoms with E-state index in [1.807, 2.05) is 44.3 Å². The van der Waals surface area contributed by atoms with Crippen LogP contribution in [0.25, 0.3) is 10.9 Å². The van der Waals surface area contributed by atoms with E-state index in [4.69, 9.17) is 9.47 Å². The summed E-state index contributed by atoms with van der Waals surface area (Å²) in [5, 5.41) is 14.0. The summed E-state index contributed by atoms with van der Waals surface area (Å²) in [5.41, 5.74) is 3.34. The lowest BCUT2D eigenvalue weighted by Crippen LogP contribution is -2.39. The standard InChI is InChI=1S/C30H29FN2O4/c1-19(2)37-28-12-10-20(8-9-21-11-13-29(36-3)26(31)15-21)14-25(28)30(35)33-23(18-34)16-22-17-32-27-7-5-4-6-24(22)27/h4-7,10-15,17,19,23,32,34H,16,18H2,1-3H3,(H,33,35)/t23-/m1/s1. The van der Waals surface area contributed by atoms with Crippen LogP contribution in [0.5, 0.6) is 11.5 Å². The number of aliphatic hydroxyl groups is 1. The molecule has 1 amide bonds. The fraction of sp³-hybridized carbons (Fsp3) is 0.233. The zero-order valence-corrected chi connectivity index (χ0v) is 21.0. The van der Waals surface area contributed by atoms with E-state index < -0.39 is 11.9 Å². The van der Waals surface area contributed by atoms with E-state index in [-0.39, 0.29) is 24.4 Å². The van der Waals surface area contributed by atoms with Crippen molar-refractivity contribution >= 4 is 16.8 Å². The number of benzene rings is 3. The third-order valence-corrected chi connectivity index (χ3v) is 5.79. The summed E-state index contributed by atoms with van der Waals surface area (Å²) in [5.74, 6) is 5.57. The molecule has 190 valence electrons. The van der Waals surface area contributed by atoms with Gasteiger partial charge < -0.3 is 24.9 Å². The molecule has 0 aliphatic carbocycles. The Labute approximate surface area is 215 Å². The van der Waals surface area contributed by atoms with Gasteiger partial charge in [0.1, 0.15) is 5.75 Å². The smallest absolute Gasteiger partial charge is 0.255 e. The first-order valence-electron chi connectivity index (χ1n) is 12.0. The highest BCUT2D eigenvalue weighted by Crippen LogP contribution is 2.23. The number of hydrogen-bond donors (Lipinski definition) is 3. The number of amides is 1. The van der Waals surface area contributed by atoms with Crippen LogP contribution in [0.2, 0.25) is 0 Å². The maximum Gasteiger partial charge on any atom is 0.255 e. The summed E-state index contributed by atoms with van der Waals surface area (Å²) < 4.78 is 24.8. The molecule has 0 unspecified atom stereocenters. The molecule has 0 saturated carbocycles. The fourth-order valence-electron chi connectivity index (χ4n) is 4.02. The highest BCUT2D eigenvalue weighted by Gasteiger charge is 2.19. The number of aromatic amines is 1. The average molecular weight is 501 g/mol. The highest BCUT2D eigenvalue weighted by atomic mass is 19.1. The van der Waals surface area contributed by atoms with Gasteiger partial charge in [0.15, 0.2) is 11.6 Å². The minimum Gasteiger partial charge on any atom is -0.494 e. The van der Waals surface area contributed by atoms with Crippen molar-refractivity contribution in [2.45, 2.75) is 32.4 Å². The number of methoxy groups -OCH3 is 1. The van der Waals surface area contributed by atoms with Gasteiger partial charge >= 0.3 is 0 Å². The molecule has 0 saturated heterocycles. The Bertz CT molecular complexity index is 1470. The molecule has 0 aliphatic rings. The summed E-state index contributed by atoms with van der Waals surface area (Å²) in [6.07, 6.45) is 2.20. The Morgan fingerprint density at radius 3 is 2.43 bits per heavy atom. The van der Waals surface area contributed by atoms with E-state index in [0.717, 1.165) is 16.5 Å². The number of hydrogen-bond acceptors (Lipinski definition) is 4. The van der Waals surface area contributed by atoms with Gasteiger partial charge in [-0.25, -0.2) is 4.39 Å². The second-order valence-corrected chi connectivity index (χ2v) is 8.89. The van der Waals surface area contributed by atoms with Crippen molar-refractivity contribution in [3.63, 3.8) is 0 Å². The number of H-pyrrole nitrogens is 1. The topological polar surface area (TPSA) is 83.6 Å². The SMILES string of the molecule is COc1ccc(C#Cc2ccc(OC(C)C)c(C(=O)N[C@@H](CO)Cc3c[nH]c4ccccc34)c2)cc1F. The maximum absolute atomic E-state index is 14.0. The van der Waals surface area contributed by atoms with Crippen molar-refractivity contribution < 1.29 is 23.8 Å². The van der Waals surface area contributed by atoms with Gasteiger partial charge in [-0.1, -0.05) is 30.0 Å². The van der Waals surface area contributed by atoms with E-state index in [2.05, 4.69) is 22.1 Å². The Kier molecular flexibility index (Phi) is 8.11. The van der Waals surface area contributed by atoms with E-state index in [9.17, 15) is 14.3 Å². The van der Waals surface area contributed by atoms with Gasteiger partial charge in [0.25, 0.3) is 5.91 Å². The van der Waals surface area contributed by atoms with Crippen LogP contribution in [-0.2, 0) is 6.42 Å². The van der Waals surface area contributed by atoms with Crippen molar-refractivity contribution in [2.24, 2.45) is 0 Å². The molecule has 0 spiro atoms. The Morgan fingerprint density at radius 2 is 1.76 bits per heavy atom. The largest absolute Gasteiger partial charge is 0.494 e. The van der Waals surface area contributed by atoms with Gasteiger partial charge in [-0.2, -0.15) is 0 Å². The number of halogens is 1. The second-order valence-electron chi connectivity index (χ2n) is 8.89. The van der Waals surface area contributed by atoms with Gasteiger partial charge in [0.2, 0.25) is 0 Å². The molecule has 3 N–H and O–H groups in total. The van der Waals surface area contributed by atoms with E-state index in [0.29, 0.717) is 28.9 Å². The van der Waals surface area contributed by atoms with Gasteiger partial charge in [-0.15, -0.1) is 0 Å². The summed E-state index contributed by atoms with van der Waals surface area (Å²) in [7, 11) is 1.40. The minimum absolute atomic E-state index is 0.144. The number of rotatable bonds is 8. The zero-order valence-electron chi connectivity index (χ0n) is 21.0. The van der Waals surface area contributed by atoms with Gasteiger partial charge in [-0.05, 0) is 68.3 Å². The first-order valence-corrected chi connectivity index (χ1v) is 12.0. The second kappa shape index (κ2) is 11.6. The van der Waals surface area contributed by atoms with Crippen molar-refractivity contribution in [1.29, 1.82) is 0 Å². The monoisotopic (exact) mass is 500 g/mol. The molecular formula is C30H29FN2O4. The molecule has 0 bridgehead atoms. The highest BCUT2D eigenvalue weighted by molar-refractivity contribution is 5.97. The van der Waals surface area contributed by atoms with Crippen LogP contribution in [-0.4, -0.2) is 41.9 Å². The average Bonchev–Trinajstić information content (AvgIpc) is 3.30. The van der Waals surface area contributed by atoms with Crippen LogP contribution in [0.15, 0.2) is 66.9 Å². The van der Waals surface area contributed by atoms with Gasteiger partial charge in [-0.3, -0.25) is 4.79 Å².